The number of anilines is 1. The number of aromatic nitrogens is 1. The first-order valence-corrected chi connectivity index (χ1v) is 6.77. The summed E-state index contributed by atoms with van der Waals surface area (Å²) in [6.07, 6.45) is 5.32. The molecule has 0 spiro atoms. The van der Waals surface area contributed by atoms with Crippen LogP contribution in [0.1, 0.15) is 36.9 Å². The van der Waals surface area contributed by atoms with Crippen LogP contribution in [0, 0.1) is 6.92 Å². The molecule has 0 amide bonds. The maximum Gasteiger partial charge on any atom is 0.129 e. The van der Waals surface area contributed by atoms with E-state index in [0.29, 0.717) is 0 Å². The second-order valence-electron chi connectivity index (χ2n) is 5.32. The summed E-state index contributed by atoms with van der Waals surface area (Å²) in [5.74, 6) is 1.18. The molecule has 1 aromatic rings. The molecular formula is C14H21N3. The maximum atomic E-state index is 4.66. The van der Waals surface area contributed by atoms with E-state index >= 15 is 0 Å². The van der Waals surface area contributed by atoms with Crippen LogP contribution in [0.2, 0.25) is 0 Å². The molecule has 17 heavy (non-hydrogen) atoms. The third-order valence-electron chi connectivity index (χ3n) is 3.60. The highest BCUT2D eigenvalue weighted by atomic mass is 15.2. The van der Waals surface area contributed by atoms with E-state index in [-0.39, 0.29) is 0 Å². The molecule has 1 saturated heterocycles. The molecule has 3 rings (SSSR count). The van der Waals surface area contributed by atoms with Gasteiger partial charge in [-0.1, -0.05) is 0 Å². The van der Waals surface area contributed by atoms with Crippen molar-refractivity contribution >= 4 is 5.82 Å². The van der Waals surface area contributed by atoms with Crippen molar-refractivity contribution in [1.29, 1.82) is 0 Å². The first-order valence-electron chi connectivity index (χ1n) is 6.77. The summed E-state index contributed by atoms with van der Waals surface area (Å²) in [6, 6.07) is 5.24. The van der Waals surface area contributed by atoms with Gasteiger partial charge in [0.1, 0.15) is 5.82 Å². The molecule has 92 valence electrons. The van der Waals surface area contributed by atoms with E-state index in [4.69, 9.17) is 0 Å². The first-order chi connectivity index (χ1) is 8.31. The van der Waals surface area contributed by atoms with Crippen LogP contribution < -0.4 is 10.2 Å². The van der Waals surface area contributed by atoms with E-state index in [1.165, 1.54) is 50.2 Å². The molecule has 0 atom stereocenters. The number of rotatable bonds is 4. The summed E-state index contributed by atoms with van der Waals surface area (Å²) < 4.78 is 0. The van der Waals surface area contributed by atoms with Crippen LogP contribution in [-0.2, 0) is 6.54 Å². The highest BCUT2D eigenvalue weighted by molar-refractivity contribution is 5.43. The van der Waals surface area contributed by atoms with E-state index in [2.05, 4.69) is 34.3 Å². The van der Waals surface area contributed by atoms with Crippen molar-refractivity contribution in [2.75, 3.05) is 18.0 Å². The Bertz CT molecular complexity index is 392. The molecule has 0 bridgehead atoms. The Labute approximate surface area is 103 Å². The lowest BCUT2D eigenvalue weighted by atomic mass is 10.2. The van der Waals surface area contributed by atoms with Crippen LogP contribution in [-0.4, -0.2) is 24.1 Å². The van der Waals surface area contributed by atoms with E-state index < -0.39 is 0 Å². The van der Waals surface area contributed by atoms with E-state index in [9.17, 15) is 0 Å². The van der Waals surface area contributed by atoms with Gasteiger partial charge in [-0.2, -0.15) is 0 Å². The van der Waals surface area contributed by atoms with Gasteiger partial charge >= 0.3 is 0 Å². The van der Waals surface area contributed by atoms with Gasteiger partial charge in [0, 0.05) is 31.4 Å². The van der Waals surface area contributed by atoms with E-state index in [1.54, 1.807) is 0 Å². The van der Waals surface area contributed by atoms with Crippen LogP contribution in [0.15, 0.2) is 12.1 Å². The van der Waals surface area contributed by atoms with Gasteiger partial charge in [0.05, 0.1) is 0 Å². The number of nitrogens with one attached hydrogen (secondary N) is 1. The second kappa shape index (κ2) is 4.65. The lowest BCUT2D eigenvalue weighted by molar-refractivity contribution is 0.686. The van der Waals surface area contributed by atoms with Gasteiger partial charge in [-0.3, -0.25) is 0 Å². The van der Waals surface area contributed by atoms with Crippen molar-refractivity contribution in [3.63, 3.8) is 0 Å². The number of pyridine rings is 1. The predicted molar refractivity (Wildman–Crippen MR) is 70.3 cm³/mol. The number of aryl methyl sites for hydroxylation is 1. The molecule has 2 fully saturated rings. The fraction of sp³-hybridized carbons (Fsp3) is 0.643. The van der Waals surface area contributed by atoms with Crippen LogP contribution >= 0.6 is 0 Å². The Kier molecular flexibility index (Phi) is 3.02. The molecule has 1 saturated carbocycles. The fourth-order valence-electron chi connectivity index (χ4n) is 2.48. The monoisotopic (exact) mass is 231 g/mol. The average molecular weight is 231 g/mol. The molecule has 1 aromatic heterocycles. The Morgan fingerprint density at radius 2 is 2.06 bits per heavy atom. The van der Waals surface area contributed by atoms with Gasteiger partial charge in [0.2, 0.25) is 0 Å². The van der Waals surface area contributed by atoms with Gasteiger partial charge in [-0.05, 0) is 50.3 Å². The summed E-state index contributed by atoms with van der Waals surface area (Å²) in [6.45, 7) is 5.44. The van der Waals surface area contributed by atoms with Crippen molar-refractivity contribution < 1.29 is 0 Å². The Morgan fingerprint density at radius 3 is 2.76 bits per heavy atom. The highest BCUT2D eigenvalue weighted by Crippen LogP contribution is 2.22. The minimum absolute atomic E-state index is 0.777. The van der Waals surface area contributed by atoms with Gasteiger partial charge < -0.3 is 10.2 Å². The van der Waals surface area contributed by atoms with Crippen molar-refractivity contribution in [2.45, 2.75) is 45.2 Å². The summed E-state index contributed by atoms with van der Waals surface area (Å²) in [5, 5.41) is 3.57. The minimum Gasteiger partial charge on any atom is -0.357 e. The van der Waals surface area contributed by atoms with Crippen molar-refractivity contribution in [3.05, 3.63) is 23.4 Å². The van der Waals surface area contributed by atoms with Gasteiger partial charge in [0.25, 0.3) is 0 Å². The fourth-order valence-corrected chi connectivity index (χ4v) is 2.48. The lowest BCUT2D eigenvalue weighted by Gasteiger charge is -2.18. The zero-order valence-electron chi connectivity index (χ0n) is 10.6. The summed E-state index contributed by atoms with van der Waals surface area (Å²) in [5.41, 5.74) is 2.52. The Morgan fingerprint density at radius 1 is 1.29 bits per heavy atom. The standard InChI is InChI=1S/C14H21N3/c1-11-8-12(10-15-13-4-5-13)9-14(16-11)17-6-2-3-7-17/h8-9,13,15H,2-7,10H2,1H3. The zero-order valence-corrected chi connectivity index (χ0v) is 10.6. The van der Waals surface area contributed by atoms with Crippen LogP contribution in [0.3, 0.4) is 0 Å². The molecule has 0 radical (unpaired) electrons. The predicted octanol–water partition coefficient (Wildman–Crippen LogP) is 2.24. The number of hydrogen-bond donors (Lipinski definition) is 1. The van der Waals surface area contributed by atoms with Crippen LogP contribution in [0.5, 0.6) is 0 Å². The SMILES string of the molecule is Cc1cc(CNC2CC2)cc(N2CCCC2)n1. The summed E-state index contributed by atoms with van der Waals surface area (Å²) >= 11 is 0. The zero-order chi connectivity index (χ0) is 11.7. The molecule has 2 heterocycles. The Hall–Kier alpha value is -1.09. The molecule has 3 nitrogen and oxygen atoms in total. The van der Waals surface area contributed by atoms with Crippen molar-refractivity contribution in [2.24, 2.45) is 0 Å². The normalized spacial score (nSPS) is 19.9. The topological polar surface area (TPSA) is 28.2 Å². The Balaban J connectivity index is 1.73. The van der Waals surface area contributed by atoms with Crippen LogP contribution in [0.25, 0.3) is 0 Å². The largest absolute Gasteiger partial charge is 0.357 e. The molecule has 1 N–H and O–H groups in total. The molecule has 2 aliphatic rings. The third-order valence-corrected chi connectivity index (χ3v) is 3.60. The van der Waals surface area contributed by atoms with E-state index in [1.807, 2.05) is 0 Å². The minimum atomic E-state index is 0.777. The third kappa shape index (κ3) is 2.78. The molecule has 0 unspecified atom stereocenters. The second-order valence-corrected chi connectivity index (χ2v) is 5.32. The quantitative estimate of drug-likeness (QED) is 0.861. The van der Waals surface area contributed by atoms with Crippen molar-refractivity contribution in [1.82, 2.24) is 10.3 Å². The van der Waals surface area contributed by atoms with Gasteiger partial charge in [-0.15, -0.1) is 0 Å². The molecule has 1 aliphatic carbocycles. The number of nitrogens with zero attached hydrogens (tertiary/aromatic N) is 2. The first kappa shape index (κ1) is 11.0. The molecule has 3 heteroatoms. The van der Waals surface area contributed by atoms with E-state index in [0.717, 1.165) is 18.3 Å². The summed E-state index contributed by atoms with van der Waals surface area (Å²) in [4.78, 5) is 7.07. The summed E-state index contributed by atoms with van der Waals surface area (Å²) in [7, 11) is 0. The van der Waals surface area contributed by atoms with Crippen molar-refractivity contribution in [3.8, 4) is 0 Å². The smallest absolute Gasteiger partial charge is 0.129 e. The average Bonchev–Trinajstić information content (AvgIpc) is 2.98. The van der Waals surface area contributed by atoms with Gasteiger partial charge in [0.15, 0.2) is 0 Å². The maximum absolute atomic E-state index is 4.66. The highest BCUT2D eigenvalue weighted by Gasteiger charge is 2.20. The van der Waals surface area contributed by atoms with Crippen LogP contribution in [0.4, 0.5) is 5.82 Å². The van der Waals surface area contributed by atoms with Gasteiger partial charge in [-0.25, -0.2) is 4.98 Å². The molecule has 1 aliphatic heterocycles. The lowest BCUT2D eigenvalue weighted by Crippen LogP contribution is -2.20. The number of hydrogen-bond acceptors (Lipinski definition) is 3. The molecular weight excluding hydrogens is 210 g/mol. The molecule has 0 aromatic carbocycles.